The van der Waals surface area contributed by atoms with E-state index in [1.54, 1.807) is 30.5 Å². The highest BCUT2D eigenvalue weighted by atomic mass is 19.2. The van der Waals surface area contributed by atoms with Crippen molar-refractivity contribution in [1.29, 1.82) is 0 Å². The third kappa shape index (κ3) is 6.96. The molecule has 0 bridgehead atoms. The van der Waals surface area contributed by atoms with E-state index in [1.807, 2.05) is 18.2 Å². The number of ether oxygens (including phenoxy) is 2. The third-order valence-corrected chi connectivity index (χ3v) is 5.81. The van der Waals surface area contributed by atoms with E-state index in [0.717, 1.165) is 11.3 Å². The Morgan fingerprint density at radius 3 is 2.05 bits per heavy atom. The Kier molecular flexibility index (Phi) is 9.12. The van der Waals surface area contributed by atoms with Crippen LogP contribution in [0, 0.1) is 29.1 Å². The number of nitrogens with zero attached hydrogens (tertiary/aromatic N) is 1. The Balaban J connectivity index is 1.28. The zero-order valence-corrected chi connectivity index (χ0v) is 21.0. The minimum absolute atomic E-state index is 0.109. The largest absolute Gasteiger partial charge is 0.492 e. The fraction of sp³-hybridized carbons (Fsp3) is 0.138. The van der Waals surface area contributed by atoms with Gasteiger partial charge in [0.25, 0.3) is 5.91 Å². The second kappa shape index (κ2) is 12.9. The summed E-state index contributed by atoms with van der Waals surface area (Å²) in [4.78, 5) is 28.2. The second-order valence-electron chi connectivity index (χ2n) is 8.59. The van der Waals surface area contributed by atoms with E-state index in [2.05, 4.69) is 15.0 Å². The SMILES string of the molecule is O=C(NCCOc1ccc(CC(Oc2c(F)c(F)c(F)c(F)c2F)C(=O)O)cc1)c1ccc(-c2ccccn2)cc1. The van der Waals surface area contributed by atoms with Gasteiger partial charge in [0.05, 0.1) is 12.2 Å². The Morgan fingerprint density at radius 1 is 0.829 bits per heavy atom. The number of carbonyl (C=O) groups excluding carboxylic acids is 1. The summed E-state index contributed by atoms with van der Waals surface area (Å²) in [6, 6.07) is 18.3. The molecule has 1 aromatic heterocycles. The second-order valence-corrected chi connectivity index (χ2v) is 8.59. The molecule has 0 aliphatic carbocycles. The van der Waals surface area contributed by atoms with Crippen LogP contribution in [0.4, 0.5) is 22.0 Å². The number of pyridine rings is 1. The van der Waals surface area contributed by atoms with Crippen LogP contribution in [0.5, 0.6) is 11.5 Å². The first-order valence-corrected chi connectivity index (χ1v) is 12.1. The molecule has 1 unspecified atom stereocenters. The molecule has 7 nitrogen and oxygen atoms in total. The van der Waals surface area contributed by atoms with Gasteiger partial charge >= 0.3 is 5.97 Å². The number of halogens is 5. The first-order chi connectivity index (χ1) is 19.7. The zero-order valence-electron chi connectivity index (χ0n) is 21.0. The number of aromatic nitrogens is 1. The summed E-state index contributed by atoms with van der Waals surface area (Å²) in [6.45, 7) is 0.289. The number of benzene rings is 3. The monoisotopic (exact) mass is 572 g/mol. The minimum atomic E-state index is -2.38. The lowest BCUT2D eigenvalue weighted by Crippen LogP contribution is -2.30. The van der Waals surface area contributed by atoms with Crippen LogP contribution in [0.15, 0.2) is 72.9 Å². The predicted octanol–water partition coefficient (Wildman–Crippen LogP) is 5.33. The Morgan fingerprint density at radius 2 is 1.46 bits per heavy atom. The van der Waals surface area contributed by atoms with Crippen molar-refractivity contribution in [2.24, 2.45) is 0 Å². The molecule has 0 spiro atoms. The Labute approximate surface area is 230 Å². The molecule has 3 aromatic carbocycles. The predicted molar refractivity (Wildman–Crippen MR) is 136 cm³/mol. The quantitative estimate of drug-likeness (QED) is 0.109. The molecule has 0 radical (unpaired) electrons. The Hall–Kier alpha value is -5.00. The number of carbonyl (C=O) groups is 2. The van der Waals surface area contributed by atoms with Gasteiger partial charge in [-0.1, -0.05) is 30.3 Å². The average Bonchev–Trinajstić information content (AvgIpc) is 2.99. The number of amides is 1. The van der Waals surface area contributed by atoms with Crippen molar-refractivity contribution in [2.45, 2.75) is 12.5 Å². The van der Waals surface area contributed by atoms with Crippen LogP contribution in [-0.2, 0) is 11.2 Å². The standard InChI is InChI=1S/C29H21F5N2O5/c30-22-23(31)25(33)27(26(34)24(22)32)41-21(29(38)39)15-16-4-10-19(11-5-16)40-14-13-36-28(37)18-8-6-17(7-9-18)20-3-1-2-12-35-20/h1-12,21H,13-15H2,(H,36,37)(H,38,39). The minimum Gasteiger partial charge on any atom is -0.492 e. The fourth-order valence-electron chi connectivity index (χ4n) is 3.71. The number of carboxylic acids is 1. The number of nitrogens with one attached hydrogen (secondary N) is 1. The molecule has 4 aromatic rings. The van der Waals surface area contributed by atoms with Crippen molar-refractivity contribution in [1.82, 2.24) is 10.3 Å². The molecule has 0 aliphatic rings. The molecule has 212 valence electrons. The summed E-state index contributed by atoms with van der Waals surface area (Å²) in [6.07, 6.45) is -0.731. The molecule has 41 heavy (non-hydrogen) atoms. The van der Waals surface area contributed by atoms with E-state index >= 15 is 0 Å². The summed E-state index contributed by atoms with van der Waals surface area (Å²) in [5, 5.41) is 12.1. The normalized spacial score (nSPS) is 11.5. The van der Waals surface area contributed by atoms with Crippen LogP contribution in [0.3, 0.4) is 0 Å². The third-order valence-electron chi connectivity index (χ3n) is 5.81. The highest BCUT2D eigenvalue weighted by Gasteiger charge is 2.31. The molecule has 0 saturated carbocycles. The summed E-state index contributed by atoms with van der Waals surface area (Å²) in [5.74, 6) is -14.7. The van der Waals surface area contributed by atoms with Crippen molar-refractivity contribution in [2.75, 3.05) is 13.2 Å². The molecule has 4 rings (SSSR count). The van der Waals surface area contributed by atoms with Gasteiger partial charge in [-0.25, -0.2) is 18.0 Å². The Bertz CT molecular complexity index is 1510. The summed E-state index contributed by atoms with van der Waals surface area (Å²) < 4.78 is 78.2. The number of carboxylic acid groups (broad SMARTS) is 1. The van der Waals surface area contributed by atoms with E-state index in [0.29, 0.717) is 16.9 Å². The van der Waals surface area contributed by atoms with Gasteiger partial charge in [0, 0.05) is 23.7 Å². The van der Waals surface area contributed by atoms with Gasteiger partial charge in [0.1, 0.15) is 12.4 Å². The van der Waals surface area contributed by atoms with Crippen LogP contribution in [0.25, 0.3) is 11.3 Å². The van der Waals surface area contributed by atoms with Crippen molar-refractivity contribution in [3.63, 3.8) is 0 Å². The maximum atomic E-state index is 13.9. The van der Waals surface area contributed by atoms with Crippen LogP contribution in [0.2, 0.25) is 0 Å². The number of hydrogen-bond acceptors (Lipinski definition) is 5. The van der Waals surface area contributed by atoms with Gasteiger partial charge in [-0.15, -0.1) is 0 Å². The van der Waals surface area contributed by atoms with Gasteiger partial charge in [0.2, 0.25) is 29.1 Å². The molecule has 1 amide bonds. The first-order valence-electron chi connectivity index (χ1n) is 12.1. The summed E-state index contributed by atoms with van der Waals surface area (Å²) >= 11 is 0. The van der Waals surface area contributed by atoms with Crippen molar-refractivity contribution in [3.8, 4) is 22.8 Å². The van der Waals surface area contributed by atoms with E-state index in [-0.39, 0.29) is 19.1 Å². The summed E-state index contributed by atoms with van der Waals surface area (Å²) in [5.41, 5.74) is 2.42. The van der Waals surface area contributed by atoms with Crippen molar-refractivity contribution < 1.29 is 46.1 Å². The number of aliphatic carboxylic acids is 1. The van der Waals surface area contributed by atoms with E-state index in [4.69, 9.17) is 4.74 Å². The lowest BCUT2D eigenvalue weighted by atomic mass is 10.1. The van der Waals surface area contributed by atoms with Gasteiger partial charge < -0.3 is 19.9 Å². The van der Waals surface area contributed by atoms with Crippen molar-refractivity contribution >= 4 is 11.9 Å². The van der Waals surface area contributed by atoms with Crippen LogP contribution < -0.4 is 14.8 Å². The molecule has 2 N–H and O–H groups in total. The molecule has 0 aliphatic heterocycles. The highest BCUT2D eigenvalue weighted by Crippen LogP contribution is 2.30. The molecule has 1 atom stereocenters. The zero-order chi connectivity index (χ0) is 29.5. The molecule has 12 heteroatoms. The van der Waals surface area contributed by atoms with Gasteiger partial charge in [0.15, 0.2) is 11.9 Å². The molecule has 0 saturated heterocycles. The van der Waals surface area contributed by atoms with Crippen molar-refractivity contribution in [3.05, 3.63) is 113 Å². The maximum absolute atomic E-state index is 13.9. The van der Waals surface area contributed by atoms with Crippen LogP contribution in [-0.4, -0.2) is 41.2 Å². The lowest BCUT2D eigenvalue weighted by molar-refractivity contribution is -0.145. The van der Waals surface area contributed by atoms with Gasteiger partial charge in [-0.05, 0) is 42.0 Å². The van der Waals surface area contributed by atoms with Crippen LogP contribution in [0.1, 0.15) is 15.9 Å². The molecule has 0 fully saturated rings. The molecular formula is C29H21F5N2O5. The molecule has 1 heterocycles. The highest BCUT2D eigenvalue weighted by molar-refractivity contribution is 5.94. The average molecular weight is 572 g/mol. The number of rotatable bonds is 11. The summed E-state index contributed by atoms with van der Waals surface area (Å²) in [7, 11) is 0. The maximum Gasteiger partial charge on any atom is 0.345 e. The topological polar surface area (TPSA) is 97.8 Å². The van der Waals surface area contributed by atoms with Gasteiger partial charge in [-0.3, -0.25) is 9.78 Å². The molecular weight excluding hydrogens is 551 g/mol. The van der Waals surface area contributed by atoms with E-state index in [1.165, 1.54) is 24.3 Å². The van der Waals surface area contributed by atoms with E-state index < -0.39 is 53.3 Å². The fourth-order valence-corrected chi connectivity index (χ4v) is 3.71. The lowest BCUT2D eigenvalue weighted by Gasteiger charge is -2.17. The van der Waals surface area contributed by atoms with E-state index in [9.17, 15) is 36.6 Å². The van der Waals surface area contributed by atoms with Crippen LogP contribution >= 0.6 is 0 Å². The first kappa shape index (κ1) is 29.0. The number of hydrogen-bond donors (Lipinski definition) is 2. The smallest absolute Gasteiger partial charge is 0.345 e. The van der Waals surface area contributed by atoms with Gasteiger partial charge in [-0.2, -0.15) is 8.78 Å².